The van der Waals surface area contributed by atoms with E-state index < -0.39 is 11.1 Å². The smallest absolute Gasteiger partial charge is 0.267 e. The quantitative estimate of drug-likeness (QED) is 0.294. The molecular formula is C27H32ClN5O3S. The second-order valence-corrected chi connectivity index (χ2v) is 12.1. The SMILES string of the molecule is Cc1cccc(Cl)c1NC(=O)c1cnc(Nc2cccc(C(=O)NC3CC(C)(C)N(O)C(C)(C)C3)c2)s1. The largest absolute Gasteiger partial charge is 0.349 e. The third-order valence-electron chi connectivity index (χ3n) is 6.54. The second kappa shape index (κ2) is 10.4. The van der Waals surface area contributed by atoms with E-state index in [9.17, 15) is 14.8 Å². The summed E-state index contributed by atoms with van der Waals surface area (Å²) in [6, 6.07) is 12.5. The van der Waals surface area contributed by atoms with Gasteiger partial charge in [0.2, 0.25) is 0 Å². The number of hydrogen-bond acceptors (Lipinski definition) is 7. The molecule has 4 rings (SSSR count). The molecule has 2 heterocycles. The Hall–Kier alpha value is -2.98. The number of aryl methyl sites for hydroxylation is 1. The molecule has 10 heteroatoms. The van der Waals surface area contributed by atoms with Crippen LogP contribution in [0, 0.1) is 6.92 Å². The maximum atomic E-state index is 13.1. The van der Waals surface area contributed by atoms with Gasteiger partial charge in [-0.25, -0.2) is 4.98 Å². The van der Waals surface area contributed by atoms with Crippen LogP contribution in [0.15, 0.2) is 48.7 Å². The van der Waals surface area contributed by atoms with Crippen molar-refractivity contribution >= 4 is 51.3 Å². The fraction of sp³-hybridized carbons (Fsp3) is 0.370. The maximum absolute atomic E-state index is 13.1. The lowest BCUT2D eigenvalue weighted by molar-refractivity contribution is -0.245. The monoisotopic (exact) mass is 541 g/mol. The minimum atomic E-state index is -0.456. The van der Waals surface area contributed by atoms with Crippen molar-refractivity contribution in [3.8, 4) is 0 Å². The molecule has 8 nitrogen and oxygen atoms in total. The number of rotatable bonds is 6. The van der Waals surface area contributed by atoms with Gasteiger partial charge in [-0.15, -0.1) is 0 Å². The number of anilines is 3. The average Bonchev–Trinajstić information content (AvgIpc) is 3.28. The van der Waals surface area contributed by atoms with E-state index in [0.29, 0.717) is 44.8 Å². The second-order valence-electron chi connectivity index (χ2n) is 10.6. The number of benzene rings is 2. The number of nitrogens with one attached hydrogen (secondary N) is 3. The van der Waals surface area contributed by atoms with Crippen LogP contribution in [-0.4, -0.2) is 44.2 Å². The first-order valence-electron chi connectivity index (χ1n) is 12.1. The topological polar surface area (TPSA) is 107 Å². The first-order chi connectivity index (χ1) is 17.4. The zero-order valence-electron chi connectivity index (χ0n) is 21.6. The van der Waals surface area contributed by atoms with Gasteiger partial charge in [0.1, 0.15) is 4.88 Å². The highest BCUT2D eigenvalue weighted by atomic mass is 35.5. The van der Waals surface area contributed by atoms with Gasteiger partial charge in [0.25, 0.3) is 11.8 Å². The maximum Gasteiger partial charge on any atom is 0.267 e. The molecule has 0 aliphatic carbocycles. The molecule has 2 amide bonds. The predicted molar refractivity (Wildman–Crippen MR) is 148 cm³/mol. The minimum Gasteiger partial charge on any atom is -0.349 e. The summed E-state index contributed by atoms with van der Waals surface area (Å²) in [5, 5.41) is 22.1. The molecule has 1 saturated heterocycles. The van der Waals surface area contributed by atoms with E-state index in [4.69, 9.17) is 11.6 Å². The molecule has 1 aliphatic heterocycles. The molecule has 1 aromatic heterocycles. The van der Waals surface area contributed by atoms with Crippen LogP contribution in [0.25, 0.3) is 0 Å². The molecule has 4 N–H and O–H groups in total. The molecular weight excluding hydrogens is 510 g/mol. The lowest BCUT2D eigenvalue weighted by atomic mass is 9.79. The standard InChI is InChI=1S/C27H32ClN5O3S/c1-16-8-6-11-20(28)22(16)32-24(35)21-15-29-25(37-21)31-18-10-7-9-17(12-18)23(34)30-19-13-26(2,3)33(36)27(4,5)14-19/h6-12,15,19,36H,13-14H2,1-5H3,(H,29,31)(H,30,34)(H,32,35). The number of halogens is 1. The highest BCUT2D eigenvalue weighted by molar-refractivity contribution is 7.17. The van der Waals surface area contributed by atoms with Gasteiger partial charge in [-0.3, -0.25) is 9.59 Å². The Kier molecular flexibility index (Phi) is 7.62. The van der Waals surface area contributed by atoms with Crippen LogP contribution < -0.4 is 16.0 Å². The minimum absolute atomic E-state index is 0.0701. The van der Waals surface area contributed by atoms with Gasteiger partial charge in [0, 0.05) is 28.4 Å². The molecule has 1 aliphatic rings. The Bertz CT molecular complexity index is 1280. The van der Waals surface area contributed by atoms with Crippen molar-refractivity contribution in [2.45, 2.75) is 64.6 Å². The summed E-state index contributed by atoms with van der Waals surface area (Å²) in [7, 11) is 0. The van der Waals surface area contributed by atoms with Crippen LogP contribution in [0.4, 0.5) is 16.5 Å². The third kappa shape index (κ3) is 6.13. The van der Waals surface area contributed by atoms with E-state index >= 15 is 0 Å². The van der Waals surface area contributed by atoms with Gasteiger partial charge in [-0.05, 0) is 77.3 Å². The summed E-state index contributed by atoms with van der Waals surface area (Å²) < 4.78 is 0. The van der Waals surface area contributed by atoms with Crippen LogP contribution in [0.3, 0.4) is 0 Å². The summed E-state index contributed by atoms with van der Waals surface area (Å²) >= 11 is 7.43. The summed E-state index contributed by atoms with van der Waals surface area (Å²) in [4.78, 5) is 30.5. The van der Waals surface area contributed by atoms with E-state index in [1.807, 2.05) is 52.8 Å². The molecule has 2 aromatic carbocycles. The van der Waals surface area contributed by atoms with Gasteiger partial charge in [0.05, 0.1) is 16.9 Å². The average molecular weight is 542 g/mol. The van der Waals surface area contributed by atoms with Crippen molar-refractivity contribution in [1.29, 1.82) is 0 Å². The van der Waals surface area contributed by atoms with Gasteiger partial charge in [-0.1, -0.05) is 41.1 Å². The molecule has 3 aromatic rings. The fourth-order valence-corrected chi connectivity index (χ4v) is 5.91. The molecule has 196 valence electrons. The lowest BCUT2D eigenvalue weighted by Gasteiger charge is -2.51. The van der Waals surface area contributed by atoms with Gasteiger partial charge < -0.3 is 21.2 Å². The third-order valence-corrected chi connectivity index (χ3v) is 7.77. The van der Waals surface area contributed by atoms with Crippen molar-refractivity contribution in [3.63, 3.8) is 0 Å². The van der Waals surface area contributed by atoms with Crippen molar-refractivity contribution in [2.75, 3.05) is 10.6 Å². The van der Waals surface area contributed by atoms with E-state index in [1.165, 1.54) is 22.6 Å². The molecule has 37 heavy (non-hydrogen) atoms. The van der Waals surface area contributed by atoms with Crippen LogP contribution >= 0.6 is 22.9 Å². The summed E-state index contributed by atoms with van der Waals surface area (Å²) in [6.45, 7) is 9.75. The Morgan fingerprint density at radius 2 is 1.76 bits per heavy atom. The van der Waals surface area contributed by atoms with Gasteiger partial charge in [-0.2, -0.15) is 5.06 Å². The predicted octanol–water partition coefficient (Wildman–Crippen LogP) is 6.24. The normalized spacial score (nSPS) is 17.3. The molecule has 0 atom stereocenters. The fourth-order valence-electron chi connectivity index (χ4n) is 4.91. The van der Waals surface area contributed by atoms with Crippen molar-refractivity contribution in [1.82, 2.24) is 15.4 Å². The first kappa shape index (κ1) is 27.1. The highest BCUT2D eigenvalue weighted by Gasteiger charge is 2.45. The van der Waals surface area contributed by atoms with Crippen LogP contribution in [-0.2, 0) is 0 Å². The Morgan fingerprint density at radius 3 is 2.43 bits per heavy atom. The van der Waals surface area contributed by atoms with E-state index in [1.54, 1.807) is 24.3 Å². The number of carbonyl (C=O) groups is 2. The van der Waals surface area contributed by atoms with Gasteiger partial charge >= 0.3 is 0 Å². The zero-order valence-corrected chi connectivity index (χ0v) is 23.1. The number of amides is 2. The molecule has 1 fully saturated rings. The number of para-hydroxylation sites is 1. The van der Waals surface area contributed by atoms with E-state index in [0.717, 1.165) is 5.56 Å². The van der Waals surface area contributed by atoms with Crippen molar-refractivity contribution in [2.24, 2.45) is 0 Å². The Morgan fingerprint density at radius 1 is 1.08 bits per heavy atom. The Labute approximate surface area is 226 Å². The number of hydrogen-bond donors (Lipinski definition) is 4. The van der Waals surface area contributed by atoms with Crippen LogP contribution in [0.5, 0.6) is 0 Å². The zero-order chi connectivity index (χ0) is 27.0. The number of hydroxylamine groups is 2. The summed E-state index contributed by atoms with van der Waals surface area (Å²) in [6.07, 6.45) is 2.77. The van der Waals surface area contributed by atoms with Gasteiger partial charge in [0.15, 0.2) is 5.13 Å². The summed E-state index contributed by atoms with van der Waals surface area (Å²) in [5.74, 6) is -0.476. The number of piperidine rings is 1. The first-order valence-corrected chi connectivity index (χ1v) is 13.2. The number of thiazole rings is 1. The lowest BCUT2D eigenvalue weighted by Crippen LogP contribution is -2.62. The molecule has 0 bridgehead atoms. The molecule has 0 saturated carbocycles. The highest BCUT2D eigenvalue weighted by Crippen LogP contribution is 2.37. The number of nitrogens with zero attached hydrogens (tertiary/aromatic N) is 2. The molecule has 0 unspecified atom stereocenters. The number of aromatic nitrogens is 1. The van der Waals surface area contributed by atoms with Crippen LogP contribution in [0.1, 0.15) is 66.1 Å². The Balaban J connectivity index is 1.41. The number of carbonyl (C=O) groups excluding carboxylic acids is 2. The van der Waals surface area contributed by atoms with E-state index in [-0.39, 0.29) is 17.9 Å². The van der Waals surface area contributed by atoms with Crippen LogP contribution in [0.2, 0.25) is 5.02 Å². The molecule has 0 radical (unpaired) electrons. The summed E-state index contributed by atoms with van der Waals surface area (Å²) in [5.41, 5.74) is 1.72. The van der Waals surface area contributed by atoms with Crippen molar-refractivity contribution < 1.29 is 14.8 Å². The molecule has 0 spiro atoms. The van der Waals surface area contributed by atoms with Crippen molar-refractivity contribution in [3.05, 3.63) is 69.7 Å². The van der Waals surface area contributed by atoms with E-state index in [2.05, 4.69) is 20.9 Å².